The third kappa shape index (κ3) is 2.29. The molecular weight excluding hydrogens is 219 g/mol. The zero-order valence-corrected chi connectivity index (χ0v) is 9.41. The van der Waals surface area contributed by atoms with Gasteiger partial charge in [-0.2, -0.15) is 0 Å². The van der Waals surface area contributed by atoms with E-state index in [0.717, 1.165) is 6.42 Å². The molecule has 0 bridgehead atoms. The number of aromatic nitrogens is 1. The second-order valence-electron chi connectivity index (χ2n) is 3.79. The Bertz CT molecular complexity index is 527. The summed E-state index contributed by atoms with van der Waals surface area (Å²) in [5.74, 6) is 0.312. The Morgan fingerprint density at radius 2 is 2.12 bits per heavy atom. The third-order valence-electron chi connectivity index (χ3n) is 2.58. The molecule has 0 spiro atoms. The lowest BCUT2D eigenvalue weighted by Crippen LogP contribution is -2.10. The third-order valence-corrected chi connectivity index (χ3v) is 2.58. The number of pyridine rings is 1. The van der Waals surface area contributed by atoms with Crippen LogP contribution in [0.1, 0.15) is 6.42 Å². The fraction of sp³-hybridized carbons (Fsp3) is 0.250. The minimum atomic E-state index is -0.293. The maximum Gasteiger partial charge on any atom is 0.136 e. The van der Waals surface area contributed by atoms with Crippen LogP contribution in [0, 0.1) is 5.82 Å². The van der Waals surface area contributed by atoms with Crippen LogP contribution in [0.2, 0.25) is 0 Å². The highest BCUT2D eigenvalue weighted by atomic mass is 19.1. The standard InChI is InChI=1S/C12H15FN4/c13-9-2-3-10(15)11-8(9)4-7-17-12(11)16-6-1-5-14/h2-4,7H,1,5-6,14-15H2,(H,16,17). The minimum absolute atomic E-state index is 0.293. The van der Waals surface area contributed by atoms with E-state index >= 15 is 0 Å². The van der Waals surface area contributed by atoms with Crippen molar-refractivity contribution in [2.24, 2.45) is 5.73 Å². The number of hydrogen-bond donors (Lipinski definition) is 3. The van der Waals surface area contributed by atoms with E-state index < -0.39 is 0 Å². The maximum atomic E-state index is 13.6. The molecule has 0 saturated heterocycles. The van der Waals surface area contributed by atoms with Crippen molar-refractivity contribution in [3.63, 3.8) is 0 Å². The highest BCUT2D eigenvalue weighted by Crippen LogP contribution is 2.28. The first kappa shape index (κ1) is 11.6. The van der Waals surface area contributed by atoms with E-state index in [0.29, 0.717) is 35.4 Å². The van der Waals surface area contributed by atoms with Gasteiger partial charge >= 0.3 is 0 Å². The zero-order valence-electron chi connectivity index (χ0n) is 9.41. The van der Waals surface area contributed by atoms with Gasteiger partial charge in [-0.3, -0.25) is 0 Å². The molecule has 0 fully saturated rings. The Morgan fingerprint density at radius 3 is 2.88 bits per heavy atom. The lowest BCUT2D eigenvalue weighted by Gasteiger charge is -2.10. The number of anilines is 2. The van der Waals surface area contributed by atoms with Gasteiger partial charge in [-0.05, 0) is 31.2 Å². The maximum absolute atomic E-state index is 13.6. The summed E-state index contributed by atoms with van der Waals surface area (Å²) in [6.07, 6.45) is 2.39. The summed E-state index contributed by atoms with van der Waals surface area (Å²) in [4.78, 5) is 4.18. The summed E-state index contributed by atoms with van der Waals surface area (Å²) in [5.41, 5.74) is 11.8. The van der Waals surface area contributed by atoms with Gasteiger partial charge in [-0.15, -0.1) is 0 Å². The zero-order chi connectivity index (χ0) is 12.3. The van der Waals surface area contributed by atoms with Crippen molar-refractivity contribution in [3.8, 4) is 0 Å². The van der Waals surface area contributed by atoms with Crippen LogP contribution in [-0.2, 0) is 0 Å². The molecule has 0 radical (unpaired) electrons. The summed E-state index contributed by atoms with van der Waals surface area (Å²) in [6.45, 7) is 1.29. The van der Waals surface area contributed by atoms with Gasteiger partial charge in [0.15, 0.2) is 0 Å². The summed E-state index contributed by atoms with van der Waals surface area (Å²) in [6, 6.07) is 4.53. The first-order chi connectivity index (χ1) is 8.24. The molecule has 0 saturated carbocycles. The Hall–Kier alpha value is -1.88. The number of nitrogens with two attached hydrogens (primary N) is 2. The Balaban J connectivity index is 2.45. The minimum Gasteiger partial charge on any atom is -0.398 e. The fourth-order valence-corrected chi connectivity index (χ4v) is 1.73. The SMILES string of the molecule is NCCCNc1nccc2c(F)ccc(N)c12. The Kier molecular flexibility index (Phi) is 3.39. The highest BCUT2D eigenvalue weighted by Gasteiger charge is 2.08. The van der Waals surface area contributed by atoms with Gasteiger partial charge in [0, 0.05) is 23.8 Å². The number of nitrogen functional groups attached to an aromatic ring is 1. The molecular formula is C12H15FN4. The number of benzene rings is 1. The van der Waals surface area contributed by atoms with Gasteiger partial charge in [-0.25, -0.2) is 9.37 Å². The van der Waals surface area contributed by atoms with Gasteiger partial charge < -0.3 is 16.8 Å². The predicted octanol–water partition coefficient (Wildman–Crippen LogP) is 1.72. The van der Waals surface area contributed by atoms with Gasteiger partial charge in [-0.1, -0.05) is 0 Å². The smallest absolute Gasteiger partial charge is 0.136 e. The second-order valence-corrected chi connectivity index (χ2v) is 3.79. The van der Waals surface area contributed by atoms with Crippen molar-refractivity contribution in [2.45, 2.75) is 6.42 Å². The first-order valence-corrected chi connectivity index (χ1v) is 5.50. The number of rotatable bonds is 4. The van der Waals surface area contributed by atoms with Crippen LogP contribution in [0.5, 0.6) is 0 Å². The van der Waals surface area contributed by atoms with Crippen LogP contribution in [0.3, 0.4) is 0 Å². The normalized spacial score (nSPS) is 10.7. The summed E-state index contributed by atoms with van der Waals surface area (Å²) < 4.78 is 13.6. The molecule has 0 unspecified atom stereocenters. The molecule has 5 heteroatoms. The number of fused-ring (bicyclic) bond motifs is 1. The van der Waals surface area contributed by atoms with Crippen molar-refractivity contribution >= 4 is 22.3 Å². The largest absolute Gasteiger partial charge is 0.398 e. The molecule has 0 aliphatic carbocycles. The highest BCUT2D eigenvalue weighted by molar-refractivity contribution is 6.00. The summed E-state index contributed by atoms with van der Waals surface area (Å²) >= 11 is 0. The van der Waals surface area contributed by atoms with E-state index in [1.165, 1.54) is 6.07 Å². The lowest BCUT2D eigenvalue weighted by molar-refractivity contribution is 0.640. The topological polar surface area (TPSA) is 77.0 Å². The van der Waals surface area contributed by atoms with Crippen LogP contribution < -0.4 is 16.8 Å². The monoisotopic (exact) mass is 234 g/mol. The van der Waals surface area contributed by atoms with Crippen LogP contribution in [0.15, 0.2) is 24.4 Å². The van der Waals surface area contributed by atoms with Crippen molar-refractivity contribution < 1.29 is 4.39 Å². The van der Waals surface area contributed by atoms with E-state index in [1.807, 2.05) is 0 Å². The molecule has 0 aliphatic rings. The van der Waals surface area contributed by atoms with E-state index in [1.54, 1.807) is 18.3 Å². The summed E-state index contributed by atoms with van der Waals surface area (Å²) in [7, 11) is 0. The average molecular weight is 234 g/mol. The summed E-state index contributed by atoms with van der Waals surface area (Å²) in [5, 5.41) is 4.23. The van der Waals surface area contributed by atoms with Crippen LogP contribution >= 0.6 is 0 Å². The molecule has 1 aromatic carbocycles. The van der Waals surface area contributed by atoms with E-state index in [2.05, 4.69) is 10.3 Å². The molecule has 0 aliphatic heterocycles. The van der Waals surface area contributed by atoms with Gasteiger partial charge in [0.2, 0.25) is 0 Å². The van der Waals surface area contributed by atoms with Crippen molar-refractivity contribution in [3.05, 3.63) is 30.2 Å². The molecule has 2 rings (SSSR count). The average Bonchev–Trinajstić information content (AvgIpc) is 2.34. The van der Waals surface area contributed by atoms with Crippen molar-refractivity contribution in [2.75, 3.05) is 24.1 Å². The van der Waals surface area contributed by atoms with E-state index in [4.69, 9.17) is 11.5 Å². The molecule has 0 atom stereocenters. The lowest BCUT2D eigenvalue weighted by atomic mass is 10.1. The molecule has 1 aromatic heterocycles. The van der Waals surface area contributed by atoms with Crippen LogP contribution in [-0.4, -0.2) is 18.1 Å². The molecule has 0 amide bonds. The quantitative estimate of drug-likeness (QED) is 0.556. The fourth-order valence-electron chi connectivity index (χ4n) is 1.73. The molecule has 2 aromatic rings. The van der Waals surface area contributed by atoms with Crippen LogP contribution in [0.4, 0.5) is 15.9 Å². The van der Waals surface area contributed by atoms with Gasteiger partial charge in [0.1, 0.15) is 11.6 Å². The number of nitrogens with zero attached hydrogens (tertiary/aromatic N) is 1. The number of hydrogen-bond acceptors (Lipinski definition) is 4. The van der Waals surface area contributed by atoms with Gasteiger partial charge in [0.25, 0.3) is 0 Å². The Morgan fingerprint density at radius 1 is 1.29 bits per heavy atom. The second kappa shape index (κ2) is 4.97. The van der Waals surface area contributed by atoms with Crippen molar-refractivity contribution in [1.29, 1.82) is 0 Å². The number of nitrogens with one attached hydrogen (secondary N) is 1. The Labute approximate surface area is 98.8 Å². The van der Waals surface area contributed by atoms with Gasteiger partial charge in [0.05, 0.1) is 5.39 Å². The first-order valence-electron chi connectivity index (χ1n) is 5.50. The predicted molar refractivity (Wildman–Crippen MR) is 68.3 cm³/mol. The molecule has 1 heterocycles. The molecule has 90 valence electrons. The molecule has 5 N–H and O–H groups in total. The van der Waals surface area contributed by atoms with E-state index in [9.17, 15) is 4.39 Å². The molecule has 4 nitrogen and oxygen atoms in total. The van der Waals surface area contributed by atoms with Crippen molar-refractivity contribution in [1.82, 2.24) is 4.98 Å². The van der Waals surface area contributed by atoms with Crippen LogP contribution in [0.25, 0.3) is 10.8 Å². The van der Waals surface area contributed by atoms with E-state index in [-0.39, 0.29) is 5.82 Å². The molecule has 17 heavy (non-hydrogen) atoms. The number of halogens is 1.